The van der Waals surface area contributed by atoms with Crippen molar-refractivity contribution in [1.29, 1.82) is 0 Å². The minimum Gasteiger partial charge on any atom is -0.462 e. The number of carbonyl (C=O) groups is 2. The average Bonchev–Trinajstić information content (AvgIpc) is 2.56. The molecule has 10 atom stereocenters. The highest BCUT2D eigenvalue weighted by Crippen LogP contribution is 2.68. The highest BCUT2D eigenvalue weighted by atomic mass is 16.5. The molecule has 0 spiro atoms. The van der Waals surface area contributed by atoms with Crippen molar-refractivity contribution in [2.24, 2.45) is 34.5 Å². The van der Waals surface area contributed by atoms with Crippen LogP contribution in [0.5, 0.6) is 0 Å². The average molecular weight is 364 g/mol. The van der Waals surface area contributed by atoms with Crippen molar-refractivity contribution in [3.8, 4) is 0 Å². The molecule has 0 aromatic carbocycles. The van der Waals surface area contributed by atoms with Gasteiger partial charge in [-0.2, -0.15) is 0 Å². The van der Waals surface area contributed by atoms with E-state index in [1.54, 1.807) is 0 Å². The van der Waals surface area contributed by atoms with Gasteiger partial charge >= 0.3 is 5.97 Å². The summed E-state index contributed by atoms with van der Waals surface area (Å²) in [5.41, 5.74) is -0.678. The van der Waals surface area contributed by atoms with Gasteiger partial charge in [0, 0.05) is 23.2 Å². The number of carbonyl (C=O) groups excluding carboxylic acids is 2. The first-order chi connectivity index (χ1) is 12.0. The van der Waals surface area contributed by atoms with E-state index >= 15 is 0 Å². The van der Waals surface area contributed by atoms with Gasteiger partial charge in [0.1, 0.15) is 12.2 Å². The summed E-state index contributed by atoms with van der Waals surface area (Å²) in [5.74, 6) is -1.80. The Bertz CT molecular complexity index is 700. The number of aliphatic hydroxyl groups excluding tert-OH is 3. The second-order valence-corrected chi connectivity index (χ2v) is 9.32. The Kier molecular flexibility index (Phi) is 3.76. The van der Waals surface area contributed by atoms with Gasteiger partial charge in [-0.05, 0) is 37.2 Å². The van der Waals surface area contributed by atoms with Gasteiger partial charge in [0.05, 0.1) is 12.2 Å². The summed E-state index contributed by atoms with van der Waals surface area (Å²) in [6.07, 6.45) is -1.56. The van der Waals surface area contributed by atoms with E-state index in [0.717, 1.165) is 5.57 Å². The summed E-state index contributed by atoms with van der Waals surface area (Å²) in [7, 11) is 0. The van der Waals surface area contributed by atoms with Gasteiger partial charge in [-0.3, -0.25) is 9.59 Å². The molecule has 0 aromatic heterocycles. The number of esters is 1. The number of ether oxygens (including phenoxy) is 1. The number of fused-ring (bicyclic) bond motifs is 2. The number of rotatable bonds is 0. The molecule has 6 heteroatoms. The Balaban J connectivity index is 1.94. The van der Waals surface area contributed by atoms with Crippen LogP contribution in [0, 0.1) is 34.5 Å². The lowest BCUT2D eigenvalue weighted by atomic mass is 9.38. The molecule has 4 aliphatic rings. The molecule has 4 rings (SSSR count). The second kappa shape index (κ2) is 5.40. The molecule has 0 unspecified atom stereocenters. The van der Waals surface area contributed by atoms with Gasteiger partial charge in [0.15, 0.2) is 5.78 Å². The zero-order chi connectivity index (χ0) is 19.2. The van der Waals surface area contributed by atoms with Gasteiger partial charge in [-0.1, -0.05) is 26.3 Å². The summed E-state index contributed by atoms with van der Waals surface area (Å²) in [6.45, 7) is 7.56. The van der Waals surface area contributed by atoms with Crippen molar-refractivity contribution in [3.05, 3.63) is 11.6 Å². The first-order valence-corrected chi connectivity index (χ1v) is 9.50. The SMILES string of the molecule is CC1=CC(=O)[C@@H](O)[C@]2(C)[C@H]3[C@@H](O)[C@H](O)[C@H](C)[C@@H]4CC(=O)O[C@H](C[C@H]12)[C@]34C. The van der Waals surface area contributed by atoms with Crippen LogP contribution in [0.4, 0.5) is 0 Å². The van der Waals surface area contributed by atoms with Gasteiger partial charge < -0.3 is 20.1 Å². The lowest BCUT2D eigenvalue weighted by molar-refractivity contribution is -0.287. The molecule has 1 heterocycles. The third-order valence-corrected chi connectivity index (χ3v) is 8.34. The molecule has 0 radical (unpaired) electrons. The molecule has 3 fully saturated rings. The molecule has 0 amide bonds. The van der Waals surface area contributed by atoms with Crippen molar-refractivity contribution in [2.75, 3.05) is 0 Å². The molecular formula is C20H28O6. The number of hydrogen-bond acceptors (Lipinski definition) is 6. The van der Waals surface area contributed by atoms with E-state index in [2.05, 4.69) is 0 Å². The number of aliphatic hydroxyl groups is 3. The Morgan fingerprint density at radius 3 is 2.42 bits per heavy atom. The zero-order valence-corrected chi connectivity index (χ0v) is 15.7. The number of hydrogen-bond donors (Lipinski definition) is 3. The lowest BCUT2D eigenvalue weighted by Crippen LogP contribution is -2.74. The summed E-state index contributed by atoms with van der Waals surface area (Å²) in [6, 6.07) is 0. The van der Waals surface area contributed by atoms with Crippen LogP contribution in [0.2, 0.25) is 0 Å². The van der Waals surface area contributed by atoms with Crippen LogP contribution in [0.25, 0.3) is 0 Å². The fourth-order valence-corrected chi connectivity index (χ4v) is 7.04. The monoisotopic (exact) mass is 364 g/mol. The van der Waals surface area contributed by atoms with Gasteiger partial charge in [0.25, 0.3) is 0 Å². The Labute approximate surface area is 153 Å². The molecule has 2 saturated carbocycles. The molecule has 26 heavy (non-hydrogen) atoms. The predicted octanol–water partition coefficient (Wildman–Crippen LogP) is 0.828. The van der Waals surface area contributed by atoms with Crippen molar-refractivity contribution < 1.29 is 29.6 Å². The van der Waals surface area contributed by atoms with Crippen LogP contribution < -0.4 is 0 Å². The maximum atomic E-state index is 12.4. The van der Waals surface area contributed by atoms with E-state index in [1.165, 1.54) is 6.08 Å². The molecule has 1 aliphatic heterocycles. The van der Waals surface area contributed by atoms with E-state index in [9.17, 15) is 24.9 Å². The summed E-state index contributed by atoms with van der Waals surface area (Å²) in [5, 5.41) is 32.7. The van der Waals surface area contributed by atoms with Gasteiger partial charge in [-0.25, -0.2) is 0 Å². The predicted molar refractivity (Wildman–Crippen MR) is 91.7 cm³/mol. The third kappa shape index (κ3) is 1.93. The van der Waals surface area contributed by atoms with Crippen molar-refractivity contribution in [3.63, 3.8) is 0 Å². The first-order valence-electron chi connectivity index (χ1n) is 9.50. The van der Waals surface area contributed by atoms with Crippen molar-refractivity contribution in [2.45, 2.75) is 65.0 Å². The van der Waals surface area contributed by atoms with Crippen molar-refractivity contribution >= 4 is 11.8 Å². The Hall–Kier alpha value is -1.24. The zero-order valence-electron chi connectivity index (χ0n) is 15.7. The van der Waals surface area contributed by atoms with Crippen LogP contribution in [0.3, 0.4) is 0 Å². The minimum absolute atomic E-state index is 0.163. The van der Waals surface area contributed by atoms with E-state index in [-0.39, 0.29) is 35.9 Å². The Morgan fingerprint density at radius 2 is 1.77 bits per heavy atom. The maximum Gasteiger partial charge on any atom is 0.306 e. The molecule has 3 aliphatic carbocycles. The van der Waals surface area contributed by atoms with E-state index in [1.807, 2.05) is 27.7 Å². The standard InChI is InChI=1S/C20H28O6/c1-8-5-12(21)18(25)20(4)10(8)6-13-19(3)11(7-14(22)26-13)9(2)15(23)16(24)17(19)20/h5,9-11,13,15-18,23-25H,6-7H2,1-4H3/t9-,10-,11+,13-,15-,16+,17+,18-,19-,20+/m1/s1. The van der Waals surface area contributed by atoms with Gasteiger partial charge in [0.2, 0.25) is 0 Å². The van der Waals surface area contributed by atoms with Crippen LogP contribution in [-0.2, 0) is 14.3 Å². The molecule has 6 nitrogen and oxygen atoms in total. The normalized spacial score (nSPS) is 56.2. The topological polar surface area (TPSA) is 104 Å². The van der Waals surface area contributed by atoms with E-state index in [4.69, 9.17) is 4.74 Å². The number of ketones is 1. The minimum atomic E-state index is -1.24. The van der Waals surface area contributed by atoms with Crippen LogP contribution >= 0.6 is 0 Å². The van der Waals surface area contributed by atoms with Crippen LogP contribution in [0.1, 0.15) is 40.5 Å². The van der Waals surface area contributed by atoms with E-state index < -0.39 is 41.2 Å². The highest BCUT2D eigenvalue weighted by molar-refractivity contribution is 5.96. The Morgan fingerprint density at radius 1 is 1.12 bits per heavy atom. The fraction of sp³-hybridized carbons (Fsp3) is 0.800. The van der Waals surface area contributed by atoms with Crippen LogP contribution in [0.15, 0.2) is 11.6 Å². The van der Waals surface area contributed by atoms with E-state index in [0.29, 0.717) is 6.42 Å². The second-order valence-electron chi connectivity index (χ2n) is 9.32. The highest BCUT2D eigenvalue weighted by Gasteiger charge is 2.72. The molecule has 0 bridgehead atoms. The molecular weight excluding hydrogens is 336 g/mol. The lowest BCUT2D eigenvalue weighted by Gasteiger charge is -2.68. The summed E-state index contributed by atoms with van der Waals surface area (Å²) >= 11 is 0. The smallest absolute Gasteiger partial charge is 0.306 e. The fourth-order valence-electron chi connectivity index (χ4n) is 7.04. The first kappa shape index (κ1) is 18.1. The third-order valence-electron chi connectivity index (χ3n) is 8.34. The number of allylic oxidation sites excluding steroid dienone is 1. The summed E-state index contributed by atoms with van der Waals surface area (Å²) in [4.78, 5) is 24.7. The quantitative estimate of drug-likeness (QED) is 0.550. The van der Waals surface area contributed by atoms with Gasteiger partial charge in [-0.15, -0.1) is 0 Å². The molecule has 3 N–H and O–H groups in total. The maximum absolute atomic E-state index is 12.4. The molecule has 144 valence electrons. The molecule has 0 aromatic rings. The van der Waals surface area contributed by atoms with Crippen LogP contribution in [-0.4, -0.2) is 51.5 Å². The summed E-state index contributed by atoms with van der Waals surface area (Å²) < 4.78 is 5.74. The molecule has 1 saturated heterocycles. The van der Waals surface area contributed by atoms with Crippen molar-refractivity contribution in [1.82, 2.24) is 0 Å². The largest absolute Gasteiger partial charge is 0.462 e.